The van der Waals surface area contributed by atoms with Gasteiger partial charge in [-0.05, 0) is 68.7 Å². The van der Waals surface area contributed by atoms with Crippen molar-refractivity contribution in [1.82, 2.24) is 19.8 Å². The van der Waals surface area contributed by atoms with Crippen molar-refractivity contribution in [2.75, 3.05) is 51.3 Å². The third kappa shape index (κ3) is 5.26. The first-order valence-corrected chi connectivity index (χ1v) is 14.2. The van der Waals surface area contributed by atoms with E-state index in [1.54, 1.807) is 7.11 Å². The van der Waals surface area contributed by atoms with Crippen molar-refractivity contribution < 1.29 is 14.3 Å². The Labute approximate surface area is 220 Å². The summed E-state index contributed by atoms with van der Waals surface area (Å²) in [6.45, 7) is 5.50. The SMILES string of the molecule is COc1ccc(C(=O)N2CCc3cnc(N4CCN(C5CCC5)CC4)nc3CC2)cc1OC1CCCC1. The molecule has 6 rings (SSSR count). The van der Waals surface area contributed by atoms with E-state index < -0.39 is 0 Å². The largest absolute Gasteiger partial charge is 0.493 e. The number of hydrogen-bond acceptors (Lipinski definition) is 7. The molecule has 0 bridgehead atoms. The van der Waals surface area contributed by atoms with E-state index in [1.165, 1.54) is 32.1 Å². The van der Waals surface area contributed by atoms with Crippen LogP contribution in [0.5, 0.6) is 11.5 Å². The number of fused-ring (bicyclic) bond motifs is 1. The Bertz CT molecular complexity index is 1110. The molecular weight excluding hydrogens is 466 g/mol. The molecule has 0 unspecified atom stereocenters. The fourth-order valence-corrected chi connectivity index (χ4v) is 6.13. The highest BCUT2D eigenvalue weighted by atomic mass is 16.5. The van der Waals surface area contributed by atoms with E-state index in [9.17, 15) is 4.79 Å². The molecule has 3 heterocycles. The number of methoxy groups -OCH3 is 1. The van der Waals surface area contributed by atoms with Crippen LogP contribution in [0.3, 0.4) is 0 Å². The number of carbonyl (C=O) groups is 1. The number of hydrogen-bond donors (Lipinski definition) is 0. The molecule has 1 aromatic carbocycles. The maximum absolute atomic E-state index is 13.5. The van der Waals surface area contributed by atoms with Crippen LogP contribution in [0, 0.1) is 0 Å². The van der Waals surface area contributed by atoms with E-state index >= 15 is 0 Å². The predicted molar refractivity (Wildman–Crippen MR) is 143 cm³/mol. The van der Waals surface area contributed by atoms with Gasteiger partial charge in [0.15, 0.2) is 11.5 Å². The van der Waals surface area contributed by atoms with Crippen LogP contribution in [0.25, 0.3) is 0 Å². The zero-order valence-electron chi connectivity index (χ0n) is 22.0. The fraction of sp³-hybridized carbons (Fsp3) is 0.621. The Morgan fingerprint density at radius 1 is 0.919 bits per heavy atom. The molecule has 8 heteroatoms. The predicted octanol–water partition coefficient (Wildman–Crippen LogP) is 3.72. The standard InChI is InChI=1S/C29H39N5O3/c1-36-26-10-9-21(19-27(26)37-24-7-2-3-8-24)28(35)33-13-11-22-20-30-29(31-25(22)12-14-33)34-17-15-32(16-18-34)23-5-4-6-23/h9-10,19-20,23-24H,2-8,11-18H2,1H3. The van der Waals surface area contributed by atoms with Crippen LogP contribution in [0.2, 0.25) is 0 Å². The lowest BCUT2D eigenvalue weighted by molar-refractivity contribution is 0.0762. The maximum atomic E-state index is 13.5. The highest BCUT2D eigenvalue weighted by Crippen LogP contribution is 2.33. The first-order chi connectivity index (χ1) is 18.2. The van der Waals surface area contributed by atoms with Gasteiger partial charge in [0.25, 0.3) is 5.91 Å². The van der Waals surface area contributed by atoms with E-state index in [0.29, 0.717) is 30.2 Å². The molecule has 0 spiro atoms. The summed E-state index contributed by atoms with van der Waals surface area (Å²) >= 11 is 0. The number of nitrogens with zero attached hydrogens (tertiary/aromatic N) is 5. The summed E-state index contributed by atoms with van der Waals surface area (Å²) in [7, 11) is 1.65. The van der Waals surface area contributed by atoms with E-state index in [-0.39, 0.29) is 12.0 Å². The third-order valence-electron chi connectivity index (χ3n) is 8.69. The van der Waals surface area contributed by atoms with Crippen LogP contribution in [0.4, 0.5) is 5.95 Å². The molecule has 2 aromatic rings. The lowest BCUT2D eigenvalue weighted by atomic mass is 9.91. The zero-order chi connectivity index (χ0) is 25.2. The molecule has 1 saturated heterocycles. The first-order valence-electron chi connectivity index (χ1n) is 14.2. The number of rotatable bonds is 6. The Morgan fingerprint density at radius 3 is 2.43 bits per heavy atom. The zero-order valence-corrected chi connectivity index (χ0v) is 22.0. The summed E-state index contributed by atoms with van der Waals surface area (Å²) in [6, 6.07) is 6.36. The fourth-order valence-electron chi connectivity index (χ4n) is 6.13. The first kappa shape index (κ1) is 24.5. The number of ether oxygens (including phenoxy) is 2. The van der Waals surface area contributed by atoms with Gasteiger partial charge in [-0.2, -0.15) is 0 Å². The van der Waals surface area contributed by atoms with Gasteiger partial charge >= 0.3 is 0 Å². The number of piperazine rings is 1. The molecular formula is C29H39N5O3. The van der Waals surface area contributed by atoms with Crippen LogP contribution in [0.15, 0.2) is 24.4 Å². The maximum Gasteiger partial charge on any atom is 0.254 e. The summed E-state index contributed by atoms with van der Waals surface area (Å²) < 4.78 is 11.7. The molecule has 3 fully saturated rings. The van der Waals surface area contributed by atoms with Gasteiger partial charge in [0.2, 0.25) is 5.95 Å². The molecule has 2 aliphatic carbocycles. The third-order valence-corrected chi connectivity index (χ3v) is 8.69. The van der Waals surface area contributed by atoms with Crippen molar-refractivity contribution in [3.05, 3.63) is 41.2 Å². The van der Waals surface area contributed by atoms with Gasteiger partial charge in [0.1, 0.15) is 0 Å². The molecule has 2 aliphatic heterocycles. The van der Waals surface area contributed by atoms with Crippen LogP contribution in [-0.2, 0) is 12.8 Å². The van der Waals surface area contributed by atoms with Crippen LogP contribution >= 0.6 is 0 Å². The van der Waals surface area contributed by atoms with Crippen molar-refractivity contribution in [1.29, 1.82) is 0 Å². The average Bonchev–Trinajstić information content (AvgIpc) is 3.32. The van der Waals surface area contributed by atoms with Crippen LogP contribution < -0.4 is 14.4 Å². The van der Waals surface area contributed by atoms with Crippen molar-refractivity contribution >= 4 is 11.9 Å². The molecule has 1 amide bonds. The average molecular weight is 506 g/mol. The lowest BCUT2D eigenvalue weighted by Crippen LogP contribution is -2.52. The second kappa shape index (κ2) is 10.9. The topological polar surface area (TPSA) is 71.0 Å². The minimum absolute atomic E-state index is 0.0343. The minimum atomic E-state index is 0.0343. The van der Waals surface area contributed by atoms with Gasteiger partial charge < -0.3 is 19.3 Å². The Hall–Kier alpha value is -2.87. The van der Waals surface area contributed by atoms with Crippen LogP contribution in [-0.4, -0.2) is 84.2 Å². The van der Waals surface area contributed by atoms with Gasteiger partial charge in [0.05, 0.1) is 18.9 Å². The normalized spacial score (nSPS) is 21.3. The van der Waals surface area contributed by atoms with Gasteiger partial charge in [-0.1, -0.05) is 6.42 Å². The van der Waals surface area contributed by atoms with Crippen molar-refractivity contribution in [3.8, 4) is 11.5 Å². The number of benzene rings is 1. The van der Waals surface area contributed by atoms with E-state index in [1.807, 2.05) is 29.3 Å². The number of amides is 1. The Morgan fingerprint density at radius 2 is 1.70 bits per heavy atom. The van der Waals surface area contributed by atoms with E-state index in [4.69, 9.17) is 19.4 Å². The Balaban J connectivity index is 1.10. The molecule has 1 aromatic heterocycles. The van der Waals surface area contributed by atoms with Crippen molar-refractivity contribution in [2.24, 2.45) is 0 Å². The second-order valence-electron chi connectivity index (χ2n) is 10.9. The molecule has 0 radical (unpaired) electrons. The molecule has 37 heavy (non-hydrogen) atoms. The van der Waals surface area contributed by atoms with Gasteiger partial charge in [-0.3, -0.25) is 9.69 Å². The van der Waals surface area contributed by atoms with E-state index in [2.05, 4.69) is 9.80 Å². The smallest absolute Gasteiger partial charge is 0.254 e. The Kier molecular flexibility index (Phi) is 7.18. The highest BCUT2D eigenvalue weighted by Gasteiger charge is 2.29. The molecule has 0 N–H and O–H groups in total. The molecule has 2 saturated carbocycles. The summed E-state index contributed by atoms with van der Waals surface area (Å²) in [5, 5.41) is 0. The summed E-state index contributed by atoms with van der Waals surface area (Å²) in [5.74, 6) is 2.23. The van der Waals surface area contributed by atoms with Crippen LogP contribution in [0.1, 0.15) is 66.6 Å². The van der Waals surface area contributed by atoms with Gasteiger partial charge in [-0.15, -0.1) is 0 Å². The minimum Gasteiger partial charge on any atom is -0.493 e. The lowest BCUT2D eigenvalue weighted by Gasteiger charge is -2.43. The summed E-state index contributed by atoms with van der Waals surface area (Å²) in [4.78, 5) is 30.1. The molecule has 0 atom stereocenters. The van der Waals surface area contributed by atoms with Gasteiger partial charge in [-0.25, -0.2) is 9.97 Å². The molecule has 8 nitrogen and oxygen atoms in total. The number of carbonyl (C=O) groups excluding carboxylic acids is 1. The summed E-state index contributed by atoms with van der Waals surface area (Å²) in [5.41, 5.74) is 2.89. The molecule has 4 aliphatic rings. The monoisotopic (exact) mass is 505 g/mol. The van der Waals surface area contributed by atoms with E-state index in [0.717, 1.165) is 75.1 Å². The number of aromatic nitrogens is 2. The number of anilines is 1. The molecule has 198 valence electrons. The second-order valence-corrected chi connectivity index (χ2v) is 10.9. The highest BCUT2D eigenvalue weighted by molar-refractivity contribution is 5.95. The van der Waals surface area contributed by atoms with Gasteiger partial charge in [0, 0.05) is 63.5 Å². The van der Waals surface area contributed by atoms with Crippen molar-refractivity contribution in [2.45, 2.75) is 69.9 Å². The summed E-state index contributed by atoms with van der Waals surface area (Å²) in [6.07, 6.45) is 12.3. The van der Waals surface area contributed by atoms with Crippen molar-refractivity contribution in [3.63, 3.8) is 0 Å². The quantitative estimate of drug-likeness (QED) is 0.593.